The van der Waals surface area contributed by atoms with Crippen molar-refractivity contribution in [2.75, 3.05) is 0 Å². The third-order valence-corrected chi connectivity index (χ3v) is 6.37. The van der Waals surface area contributed by atoms with Gasteiger partial charge < -0.3 is 4.74 Å². The minimum absolute atomic E-state index is 0.0574. The van der Waals surface area contributed by atoms with E-state index in [-0.39, 0.29) is 22.7 Å². The van der Waals surface area contributed by atoms with E-state index in [0.29, 0.717) is 15.5 Å². The maximum atomic E-state index is 11.5. The Bertz CT molecular complexity index is 1300. The molecular weight excluding hydrogens is 518 g/mol. The second-order valence-corrected chi connectivity index (χ2v) is 10.3. The highest BCUT2D eigenvalue weighted by Gasteiger charge is 2.22. The maximum absolute atomic E-state index is 11.5. The van der Waals surface area contributed by atoms with Crippen molar-refractivity contribution >= 4 is 33.4 Å². The Kier molecular flexibility index (Phi) is 6.99. The van der Waals surface area contributed by atoms with Crippen molar-refractivity contribution in [1.29, 1.82) is 0 Å². The Hall–Kier alpha value is -3.24. The summed E-state index contributed by atoms with van der Waals surface area (Å²) >= 11 is 4.32. The lowest BCUT2D eigenvalue weighted by Crippen LogP contribution is -2.10. The van der Waals surface area contributed by atoms with Crippen molar-refractivity contribution in [1.82, 2.24) is 19.7 Å². The Morgan fingerprint density at radius 2 is 1.79 bits per heavy atom. The van der Waals surface area contributed by atoms with Crippen LogP contribution in [0.3, 0.4) is 0 Å². The summed E-state index contributed by atoms with van der Waals surface area (Å²) < 4.78 is 8.35. The van der Waals surface area contributed by atoms with Crippen LogP contribution < -0.4 is 4.74 Å². The van der Waals surface area contributed by atoms with Crippen molar-refractivity contribution in [2.45, 2.75) is 43.0 Å². The van der Waals surface area contributed by atoms with Gasteiger partial charge in [0.2, 0.25) is 5.16 Å². The summed E-state index contributed by atoms with van der Waals surface area (Å²) in [6.45, 7) is 6.66. The van der Waals surface area contributed by atoms with E-state index in [4.69, 9.17) is 4.74 Å². The number of nitro groups is 1. The monoisotopic (exact) mass is 539 g/mol. The Morgan fingerprint density at radius 3 is 2.44 bits per heavy atom. The molecule has 0 unspecified atom stereocenters. The molecule has 8 nitrogen and oxygen atoms in total. The fourth-order valence-corrected chi connectivity index (χ4v) is 4.43. The molecule has 34 heavy (non-hydrogen) atoms. The molecule has 2 heterocycles. The van der Waals surface area contributed by atoms with E-state index in [1.54, 1.807) is 0 Å². The van der Waals surface area contributed by atoms with Crippen LogP contribution in [-0.4, -0.2) is 24.7 Å². The lowest BCUT2D eigenvalue weighted by atomic mass is 9.87. The van der Waals surface area contributed by atoms with Gasteiger partial charge in [0.15, 0.2) is 10.9 Å². The van der Waals surface area contributed by atoms with E-state index in [9.17, 15) is 10.1 Å². The van der Waals surface area contributed by atoms with E-state index >= 15 is 0 Å². The summed E-state index contributed by atoms with van der Waals surface area (Å²) in [5.74, 6) is 1.28. The number of ether oxygens (including phenoxy) is 1. The van der Waals surface area contributed by atoms with Gasteiger partial charge in [0.25, 0.3) is 0 Å². The Labute approximate surface area is 209 Å². The lowest BCUT2D eigenvalue weighted by Gasteiger charge is -2.19. The van der Waals surface area contributed by atoms with Crippen LogP contribution in [-0.2, 0) is 12.0 Å². The van der Waals surface area contributed by atoms with Gasteiger partial charge >= 0.3 is 5.69 Å². The third-order valence-electron chi connectivity index (χ3n) is 4.99. The van der Waals surface area contributed by atoms with Gasteiger partial charge in [-0.15, -0.1) is 10.2 Å². The van der Waals surface area contributed by atoms with Gasteiger partial charge in [-0.25, -0.2) is 4.98 Å². The first-order valence-electron chi connectivity index (χ1n) is 10.4. The quantitative estimate of drug-likeness (QED) is 0.199. The SMILES string of the molecule is CC(C)(C)c1ccc(OCc2nnc(Sc3ncc(Br)cc3[N+](=O)[O-])n2-c2ccccc2)cc1. The highest BCUT2D eigenvalue weighted by atomic mass is 79.9. The highest BCUT2D eigenvalue weighted by molar-refractivity contribution is 9.10. The second kappa shape index (κ2) is 9.94. The van der Waals surface area contributed by atoms with E-state index in [2.05, 4.69) is 64.0 Å². The number of hydrogen-bond donors (Lipinski definition) is 0. The van der Waals surface area contributed by atoms with Crippen LogP contribution in [0.2, 0.25) is 0 Å². The smallest absolute Gasteiger partial charge is 0.302 e. The predicted octanol–water partition coefficient (Wildman–Crippen LogP) is 6.36. The van der Waals surface area contributed by atoms with Gasteiger partial charge in [0, 0.05) is 22.4 Å². The van der Waals surface area contributed by atoms with Crippen LogP contribution in [0, 0.1) is 10.1 Å². The molecule has 0 aliphatic heterocycles. The van der Waals surface area contributed by atoms with E-state index in [0.717, 1.165) is 23.2 Å². The molecule has 0 radical (unpaired) electrons. The molecule has 0 N–H and O–H groups in total. The molecule has 174 valence electrons. The normalized spacial score (nSPS) is 11.4. The first kappa shape index (κ1) is 23.9. The summed E-state index contributed by atoms with van der Waals surface area (Å²) in [4.78, 5) is 15.3. The minimum Gasteiger partial charge on any atom is -0.486 e. The average molecular weight is 540 g/mol. The van der Waals surface area contributed by atoms with Crippen LogP contribution in [0.15, 0.2) is 81.5 Å². The lowest BCUT2D eigenvalue weighted by molar-refractivity contribution is -0.388. The molecule has 0 aliphatic carbocycles. The van der Waals surface area contributed by atoms with Crippen molar-refractivity contribution in [3.8, 4) is 11.4 Å². The summed E-state index contributed by atoms with van der Waals surface area (Å²) in [6.07, 6.45) is 1.52. The molecule has 0 saturated carbocycles. The zero-order valence-corrected chi connectivity index (χ0v) is 21.2. The van der Waals surface area contributed by atoms with Gasteiger partial charge in [-0.1, -0.05) is 51.1 Å². The van der Waals surface area contributed by atoms with Gasteiger partial charge in [0.05, 0.1) is 4.92 Å². The molecule has 0 aliphatic rings. The molecule has 4 aromatic rings. The maximum Gasteiger partial charge on any atom is 0.302 e. The average Bonchev–Trinajstić information content (AvgIpc) is 3.21. The van der Waals surface area contributed by atoms with Crippen LogP contribution in [0.25, 0.3) is 5.69 Å². The van der Waals surface area contributed by atoms with Gasteiger partial charge in [-0.3, -0.25) is 14.7 Å². The van der Waals surface area contributed by atoms with Crippen LogP contribution >= 0.6 is 27.7 Å². The fraction of sp³-hybridized carbons (Fsp3) is 0.208. The van der Waals surface area contributed by atoms with Crippen molar-refractivity contribution in [3.63, 3.8) is 0 Å². The number of nitrogens with zero attached hydrogens (tertiary/aromatic N) is 5. The second-order valence-electron chi connectivity index (χ2n) is 8.47. The highest BCUT2D eigenvalue weighted by Crippen LogP contribution is 2.35. The van der Waals surface area contributed by atoms with E-state index < -0.39 is 4.92 Å². The Morgan fingerprint density at radius 1 is 1.09 bits per heavy atom. The van der Waals surface area contributed by atoms with Crippen LogP contribution in [0.1, 0.15) is 32.2 Å². The standard InChI is InChI=1S/C24H22BrN5O3S/c1-24(2,3)16-9-11-19(12-10-16)33-15-21-27-28-23(29(21)18-7-5-4-6-8-18)34-22-20(30(31)32)13-17(25)14-26-22/h4-14H,15H2,1-3H3. The van der Waals surface area contributed by atoms with Gasteiger partial charge in [-0.2, -0.15) is 0 Å². The first-order valence-corrected chi connectivity index (χ1v) is 12.0. The molecule has 0 bridgehead atoms. The first-order chi connectivity index (χ1) is 16.2. The third kappa shape index (κ3) is 5.45. The molecule has 0 spiro atoms. The van der Waals surface area contributed by atoms with Crippen molar-refractivity contribution < 1.29 is 9.66 Å². The molecule has 2 aromatic heterocycles. The zero-order valence-electron chi connectivity index (χ0n) is 18.8. The number of rotatable bonds is 7. The summed E-state index contributed by atoms with van der Waals surface area (Å²) in [5.41, 5.74) is 1.98. The molecular formula is C24H22BrN5O3S. The molecule has 0 atom stereocenters. The molecule has 0 fully saturated rings. The molecule has 4 rings (SSSR count). The number of halogens is 1. The molecule has 10 heteroatoms. The van der Waals surface area contributed by atoms with Gasteiger partial charge in [-0.05, 0) is 62.9 Å². The largest absolute Gasteiger partial charge is 0.486 e. The molecule has 0 saturated heterocycles. The summed E-state index contributed by atoms with van der Waals surface area (Å²) in [7, 11) is 0. The van der Waals surface area contributed by atoms with Crippen LogP contribution in [0.4, 0.5) is 5.69 Å². The molecule has 2 aromatic carbocycles. The van der Waals surface area contributed by atoms with E-state index in [1.807, 2.05) is 47.0 Å². The number of para-hydroxylation sites is 1. The number of hydrogen-bond acceptors (Lipinski definition) is 7. The van der Waals surface area contributed by atoms with Gasteiger partial charge in [0.1, 0.15) is 12.4 Å². The number of benzene rings is 2. The number of pyridine rings is 1. The summed E-state index contributed by atoms with van der Waals surface area (Å²) in [6, 6.07) is 19.0. The fourth-order valence-electron chi connectivity index (χ4n) is 3.21. The zero-order chi connectivity index (χ0) is 24.3. The topological polar surface area (TPSA) is 96.0 Å². The van der Waals surface area contributed by atoms with Crippen molar-refractivity contribution in [2.24, 2.45) is 0 Å². The Balaban J connectivity index is 1.64. The van der Waals surface area contributed by atoms with E-state index in [1.165, 1.54) is 17.8 Å². The number of aromatic nitrogens is 4. The summed E-state index contributed by atoms with van der Waals surface area (Å²) in [5, 5.41) is 20.8. The molecule has 0 amide bonds. The van der Waals surface area contributed by atoms with Crippen LogP contribution in [0.5, 0.6) is 5.75 Å². The predicted molar refractivity (Wildman–Crippen MR) is 134 cm³/mol. The van der Waals surface area contributed by atoms with Crippen molar-refractivity contribution in [3.05, 3.63) is 92.8 Å². The minimum atomic E-state index is -0.464.